The van der Waals surface area contributed by atoms with Crippen LogP contribution < -0.4 is 10.6 Å². The molecule has 1 amide bonds. The van der Waals surface area contributed by atoms with Gasteiger partial charge in [-0.3, -0.25) is 14.4 Å². The van der Waals surface area contributed by atoms with Gasteiger partial charge >= 0.3 is 5.97 Å². The summed E-state index contributed by atoms with van der Waals surface area (Å²) in [6.07, 6.45) is 10.3. The highest BCUT2D eigenvalue weighted by molar-refractivity contribution is 5.86. The maximum Gasteiger partial charge on any atom is 0.326 e. The van der Waals surface area contributed by atoms with Gasteiger partial charge in [-0.25, -0.2) is 9.78 Å². The van der Waals surface area contributed by atoms with Crippen LogP contribution in [0, 0.1) is 11.8 Å². The first kappa shape index (κ1) is 34.5. The number of hydrogen-bond acceptors (Lipinski definition) is 6. The van der Waals surface area contributed by atoms with Crippen molar-refractivity contribution in [3.63, 3.8) is 0 Å². The largest absolute Gasteiger partial charge is 0.480 e. The highest BCUT2D eigenvalue weighted by atomic mass is 16.4. The number of aliphatic carboxylic acids is 1. The van der Waals surface area contributed by atoms with Gasteiger partial charge in [-0.1, -0.05) is 79.9 Å². The highest BCUT2D eigenvalue weighted by Crippen LogP contribution is 2.32. The first-order chi connectivity index (χ1) is 22.4. The fourth-order valence-electron chi connectivity index (χ4n) is 6.30. The summed E-state index contributed by atoms with van der Waals surface area (Å²) >= 11 is 0. The minimum absolute atomic E-state index is 0.0809. The van der Waals surface area contributed by atoms with Crippen LogP contribution in [0.2, 0.25) is 0 Å². The highest BCUT2D eigenvalue weighted by Gasteiger charge is 2.33. The zero-order valence-corrected chi connectivity index (χ0v) is 26.7. The van der Waals surface area contributed by atoms with Crippen LogP contribution in [0.25, 0.3) is 0 Å². The first-order valence-electron chi connectivity index (χ1n) is 16.7. The Kier molecular flexibility index (Phi) is 14.0. The van der Waals surface area contributed by atoms with Gasteiger partial charge in [0, 0.05) is 50.8 Å². The van der Waals surface area contributed by atoms with Gasteiger partial charge < -0.3 is 15.7 Å². The monoisotopic (exact) mass is 625 g/mol. The smallest absolute Gasteiger partial charge is 0.326 e. The van der Waals surface area contributed by atoms with Crippen molar-refractivity contribution in [3.05, 3.63) is 95.7 Å². The molecular weight excluding hydrogens is 578 g/mol. The Balaban J connectivity index is 1.21. The van der Waals surface area contributed by atoms with E-state index in [0.717, 1.165) is 67.5 Å². The van der Waals surface area contributed by atoms with E-state index in [2.05, 4.69) is 15.6 Å². The lowest BCUT2D eigenvalue weighted by atomic mass is 9.82. The fourth-order valence-corrected chi connectivity index (χ4v) is 6.30. The van der Waals surface area contributed by atoms with E-state index in [-0.39, 0.29) is 35.7 Å². The van der Waals surface area contributed by atoms with E-state index < -0.39 is 12.0 Å². The van der Waals surface area contributed by atoms with Gasteiger partial charge in [0.05, 0.1) is 0 Å². The standard InChI is InChI=1S/C38H47N3O5/c42-32(16-10-24-40-36-18-7-8-23-39-36)15-9-13-28-19-21-30(22-20-28)26-35(38(45)46)41-37(44)34-17-6-2-5-14-31(34)27-33(43)25-29-11-3-1-4-12-29/h1,3-4,7-8,11-12,18-23,31,34-35H,2,5-6,9-10,13-17,24-27H2,(H,39,40)(H,41,44)(H,45,46). The quantitative estimate of drug-likeness (QED) is 0.111. The Morgan fingerprint density at radius 2 is 1.50 bits per heavy atom. The Bertz CT molecular complexity index is 1390. The molecule has 2 aromatic carbocycles. The molecule has 1 saturated carbocycles. The third-order valence-corrected chi connectivity index (χ3v) is 8.83. The van der Waals surface area contributed by atoms with E-state index in [4.69, 9.17) is 0 Å². The van der Waals surface area contributed by atoms with Crippen molar-refractivity contribution >= 4 is 29.3 Å². The number of carbonyl (C=O) groups is 4. The number of Topliss-reactive ketones (excluding diaryl/α,β-unsaturated/α-hetero) is 2. The van der Waals surface area contributed by atoms with Crippen LogP contribution in [-0.2, 0) is 38.4 Å². The molecule has 244 valence electrons. The van der Waals surface area contributed by atoms with Gasteiger partial charge in [-0.15, -0.1) is 0 Å². The third-order valence-electron chi connectivity index (χ3n) is 8.83. The van der Waals surface area contributed by atoms with Crippen LogP contribution in [0.3, 0.4) is 0 Å². The molecule has 0 radical (unpaired) electrons. The number of amides is 1. The molecule has 3 aromatic rings. The van der Waals surface area contributed by atoms with Gasteiger partial charge in [0.1, 0.15) is 23.4 Å². The van der Waals surface area contributed by atoms with Crippen molar-refractivity contribution in [2.45, 2.75) is 89.5 Å². The molecule has 3 unspecified atom stereocenters. The number of carbonyl (C=O) groups excluding carboxylic acids is 3. The van der Waals surface area contributed by atoms with Gasteiger partial charge in [0.15, 0.2) is 0 Å². The summed E-state index contributed by atoms with van der Waals surface area (Å²) in [7, 11) is 0. The fraction of sp³-hybridized carbons (Fsp3) is 0.447. The lowest BCUT2D eigenvalue weighted by molar-refractivity contribution is -0.143. The van der Waals surface area contributed by atoms with Crippen LogP contribution >= 0.6 is 0 Å². The summed E-state index contributed by atoms with van der Waals surface area (Å²) in [6, 6.07) is 22.0. The molecule has 0 saturated heterocycles. The number of anilines is 1. The number of carboxylic acid groups (broad SMARTS) is 1. The number of rotatable bonds is 18. The zero-order chi connectivity index (χ0) is 32.6. The van der Waals surface area contributed by atoms with Gasteiger partial charge in [0.2, 0.25) is 5.91 Å². The molecule has 8 nitrogen and oxygen atoms in total. The maximum absolute atomic E-state index is 13.5. The Morgan fingerprint density at radius 3 is 2.24 bits per heavy atom. The van der Waals surface area contributed by atoms with E-state index in [1.54, 1.807) is 6.20 Å². The summed E-state index contributed by atoms with van der Waals surface area (Å²) < 4.78 is 0. The number of aryl methyl sites for hydroxylation is 1. The predicted octanol–water partition coefficient (Wildman–Crippen LogP) is 6.38. The lowest BCUT2D eigenvalue weighted by Gasteiger charge is -2.26. The molecule has 4 rings (SSSR count). The van der Waals surface area contributed by atoms with Gasteiger partial charge in [-0.2, -0.15) is 0 Å². The summed E-state index contributed by atoms with van der Waals surface area (Å²) in [5, 5.41) is 16.0. The topological polar surface area (TPSA) is 125 Å². The Hall–Kier alpha value is -4.33. The number of carboxylic acids is 1. The molecule has 1 fully saturated rings. The average molecular weight is 626 g/mol. The van der Waals surface area contributed by atoms with Crippen LogP contribution in [0.1, 0.15) is 80.9 Å². The molecule has 3 N–H and O–H groups in total. The molecule has 1 aliphatic carbocycles. The molecule has 0 bridgehead atoms. The van der Waals surface area contributed by atoms with Crippen LogP contribution in [0.4, 0.5) is 5.82 Å². The normalized spacial score (nSPS) is 17.0. The van der Waals surface area contributed by atoms with Crippen molar-refractivity contribution < 1.29 is 24.3 Å². The number of nitrogens with zero attached hydrogens (tertiary/aromatic N) is 1. The summed E-state index contributed by atoms with van der Waals surface area (Å²) in [4.78, 5) is 55.1. The zero-order valence-electron chi connectivity index (χ0n) is 26.7. The van der Waals surface area contributed by atoms with Crippen molar-refractivity contribution in [2.24, 2.45) is 11.8 Å². The van der Waals surface area contributed by atoms with E-state index in [0.29, 0.717) is 38.6 Å². The first-order valence-corrected chi connectivity index (χ1v) is 16.7. The van der Waals surface area contributed by atoms with Gasteiger partial charge in [0.25, 0.3) is 0 Å². The average Bonchev–Trinajstić information content (AvgIpc) is 3.30. The Labute approximate surface area is 272 Å². The number of pyridine rings is 1. The van der Waals surface area contributed by atoms with Crippen LogP contribution in [0.15, 0.2) is 79.0 Å². The van der Waals surface area contributed by atoms with E-state index in [1.807, 2.05) is 72.8 Å². The second kappa shape index (κ2) is 18.6. The molecule has 46 heavy (non-hydrogen) atoms. The molecule has 3 atom stereocenters. The van der Waals surface area contributed by atoms with Gasteiger partial charge in [-0.05, 0) is 66.8 Å². The van der Waals surface area contributed by atoms with E-state index in [1.165, 1.54) is 0 Å². The summed E-state index contributed by atoms with van der Waals surface area (Å²) in [6.45, 7) is 0.706. The third kappa shape index (κ3) is 11.9. The molecule has 1 aromatic heterocycles. The SMILES string of the molecule is O=C(CCCNc1ccccn1)CCCc1ccc(CC(NC(=O)C2CCCCCC2CC(=O)Cc2ccccc2)C(=O)O)cc1. The molecule has 8 heteroatoms. The van der Waals surface area contributed by atoms with Crippen molar-refractivity contribution in [2.75, 3.05) is 11.9 Å². The molecule has 1 heterocycles. The maximum atomic E-state index is 13.5. The number of ketones is 2. The molecule has 0 spiro atoms. The summed E-state index contributed by atoms with van der Waals surface area (Å²) in [5.74, 6) is -0.613. The molecule has 0 aliphatic heterocycles. The summed E-state index contributed by atoms with van der Waals surface area (Å²) in [5.41, 5.74) is 2.88. The van der Waals surface area contributed by atoms with Crippen LogP contribution in [0.5, 0.6) is 0 Å². The second-order valence-electron chi connectivity index (χ2n) is 12.5. The number of nitrogens with one attached hydrogen (secondary N) is 2. The van der Waals surface area contributed by atoms with Crippen molar-refractivity contribution in [1.29, 1.82) is 0 Å². The Morgan fingerprint density at radius 1 is 0.783 bits per heavy atom. The minimum atomic E-state index is -1.07. The minimum Gasteiger partial charge on any atom is -0.480 e. The van der Waals surface area contributed by atoms with Crippen LogP contribution in [-0.4, -0.2) is 46.1 Å². The number of hydrogen-bond donors (Lipinski definition) is 3. The second-order valence-corrected chi connectivity index (χ2v) is 12.5. The van der Waals surface area contributed by atoms with E-state index in [9.17, 15) is 24.3 Å². The van der Waals surface area contributed by atoms with Crippen molar-refractivity contribution in [1.82, 2.24) is 10.3 Å². The predicted molar refractivity (Wildman–Crippen MR) is 179 cm³/mol. The molecule has 1 aliphatic rings. The van der Waals surface area contributed by atoms with E-state index >= 15 is 0 Å². The number of aromatic nitrogens is 1. The molecular formula is C38H47N3O5. The van der Waals surface area contributed by atoms with Crippen molar-refractivity contribution in [3.8, 4) is 0 Å². The lowest BCUT2D eigenvalue weighted by Crippen LogP contribution is -2.46. The number of benzene rings is 2.